The molecule has 0 fully saturated rings. The van der Waals surface area contributed by atoms with Crippen molar-refractivity contribution in [2.24, 2.45) is 0 Å². The second-order valence-corrected chi connectivity index (χ2v) is 7.94. The highest BCUT2D eigenvalue weighted by atomic mass is 32.2. The Labute approximate surface area is 156 Å². The monoisotopic (exact) mass is 374 g/mol. The zero-order chi connectivity index (χ0) is 19.2. The third-order valence-corrected chi connectivity index (χ3v) is 5.62. The number of hydrogen-bond acceptors (Lipinski definition) is 3. The second-order valence-electron chi connectivity index (χ2n) is 6.26. The normalized spacial score (nSPS) is 11.2. The van der Waals surface area contributed by atoms with Crippen LogP contribution in [-0.4, -0.2) is 32.8 Å². The van der Waals surface area contributed by atoms with Gasteiger partial charge in [-0.25, -0.2) is 8.42 Å². The van der Waals surface area contributed by atoms with Gasteiger partial charge in [0.2, 0.25) is 0 Å². The van der Waals surface area contributed by atoms with E-state index in [4.69, 9.17) is 0 Å². The number of amides is 1. The Morgan fingerprint density at radius 3 is 2.15 bits per heavy atom. The average Bonchev–Trinajstić information content (AvgIpc) is 2.66. The fourth-order valence-corrected chi connectivity index (χ4v) is 3.58. The fraction of sp³-hybridized carbons (Fsp3) is 0.350. The molecule has 0 saturated carbocycles. The van der Waals surface area contributed by atoms with Crippen LogP contribution in [0.15, 0.2) is 53.4 Å². The summed E-state index contributed by atoms with van der Waals surface area (Å²) >= 11 is 0. The maximum Gasteiger partial charge on any atom is 0.261 e. The van der Waals surface area contributed by atoms with E-state index in [1.165, 1.54) is 12.1 Å². The van der Waals surface area contributed by atoms with Crippen LogP contribution in [0.3, 0.4) is 0 Å². The highest BCUT2D eigenvalue weighted by Crippen LogP contribution is 2.18. The Morgan fingerprint density at radius 1 is 1.00 bits per heavy atom. The summed E-state index contributed by atoms with van der Waals surface area (Å²) in [5.74, 6) is -0.106. The van der Waals surface area contributed by atoms with Crippen molar-refractivity contribution in [1.82, 2.24) is 4.90 Å². The predicted octanol–water partition coefficient (Wildman–Crippen LogP) is 3.92. The summed E-state index contributed by atoms with van der Waals surface area (Å²) < 4.78 is 27.6. The van der Waals surface area contributed by atoms with Gasteiger partial charge >= 0.3 is 0 Å². The molecule has 0 aliphatic carbocycles. The molecule has 1 N–H and O–H groups in total. The standard InChI is InChI=1S/C20H26N2O3S/c1-4-6-15-22(3)20(23)17-9-13-19(14-10-17)26(24,25)21-18-11-7-16(5-2)8-12-18/h7-14,21H,4-6,15H2,1-3H3. The zero-order valence-electron chi connectivity index (χ0n) is 15.5. The zero-order valence-corrected chi connectivity index (χ0v) is 16.3. The number of carbonyl (C=O) groups is 1. The minimum Gasteiger partial charge on any atom is -0.342 e. The summed E-state index contributed by atoms with van der Waals surface area (Å²) in [4.78, 5) is 14.1. The number of rotatable bonds is 8. The molecule has 0 aliphatic rings. The van der Waals surface area contributed by atoms with Crippen LogP contribution in [0, 0.1) is 0 Å². The van der Waals surface area contributed by atoms with Crippen LogP contribution in [-0.2, 0) is 16.4 Å². The summed E-state index contributed by atoms with van der Waals surface area (Å²) in [5, 5.41) is 0. The number of nitrogens with zero attached hydrogens (tertiary/aromatic N) is 1. The van der Waals surface area contributed by atoms with E-state index in [1.54, 1.807) is 36.2 Å². The number of benzene rings is 2. The van der Waals surface area contributed by atoms with Crippen molar-refractivity contribution >= 4 is 21.6 Å². The molecule has 26 heavy (non-hydrogen) atoms. The van der Waals surface area contributed by atoms with Crippen LogP contribution >= 0.6 is 0 Å². The van der Waals surface area contributed by atoms with E-state index in [2.05, 4.69) is 11.6 Å². The lowest BCUT2D eigenvalue weighted by atomic mass is 10.2. The van der Waals surface area contributed by atoms with Crippen LogP contribution in [0.4, 0.5) is 5.69 Å². The van der Waals surface area contributed by atoms with Gasteiger partial charge in [-0.3, -0.25) is 9.52 Å². The third kappa shape index (κ3) is 5.08. The van der Waals surface area contributed by atoms with E-state index in [9.17, 15) is 13.2 Å². The lowest BCUT2D eigenvalue weighted by molar-refractivity contribution is 0.0793. The molecular weight excluding hydrogens is 348 g/mol. The average molecular weight is 375 g/mol. The molecule has 0 saturated heterocycles. The first-order valence-electron chi connectivity index (χ1n) is 8.84. The molecule has 0 atom stereocenters. The second kappa shape index (κ2) is 8.85. The number of anilines is 1. The summed E-state index contributed by atoms with van der Waals surface area (Å²) in [6.45, 7) is 4.80. The molecule has 5 nitrogen and oxygen atoms in total. The number of hydrogen-bond donors (Lipinski definition) is 1. The largest absolute Gasteiger partial charge is 0.342 e. The Hall–Kier alpha value is -2.34. The topological polar surface area (TPSA) is 66.5 Å². The van der Waals surface area contributed by atoms with Crippen LogP contribution < -0.4 is 4.72 Å². The molecule has 0 aromatic heterocycles. The summed E-state index contributed by atoms with van der Waals surface area (Å²) in [7, 11) is -1.93. The number of carbonyl (C=O) groups excluding carboxylic acids is 1. The van der Waals surface area contributed by atoms with Gasteiger partial charge in [0.15, 0.2) is 0 Å². The van der Waals surface area contributed by atoms with Gasteiger partial charge < -0.3 is 4.90 Å². The Bertz CT molecular complexity index is 828. The number of sulfonamides is 1. The molecule has 2 aromatic carbocycles. The van der Waals surface area contributed by atoms with Crippen molar-refractivity contribution in [1.29, 1.82) is 0 Å². The Kier molecular flexibility index (Phi) is 6.80. The van der Waals surface area contributed by atoms with Crippen molar-refractivity contribution < 1.29 is 13.2 Å². The first-order chi connectivity index (χ1) is 12.4. The Morgan fingerprint density at radius 2 is 1.62 bits per heavy atom. The van der Waals surface area contributed by atoms with Gasteiger partial charge in [-0.15, -0.1) is 0 Å². The highest BCUT2D eigenvalue weighted by Gasteiger charge is 2.16. The third-order valence-electron chi connectivity index (χ3n) is 4.22. The van der Waals surface area contributed by atoms with Crippen LogP contribution in [0.5, 0.6) is 0 Å². The Balaban J connectivity index is 2.11. The van der Waals surface area contributed by atoms with Crippen LogP contribution in [0.2, 0.25) is 0 Å². The quantitative estimate of drug-likeness (QED) is 0.761. The molecule has 0 radical (unpaired) electrons. The predicted molar refractivity (Wildman–Crippen MR) is 105 cm³/mol. The van der Waals surface area contributed by atoms with E-state index in [-0.39, 0.29) is 10.8 Å². The van der Waals surface area contributed by atoms with Gasteiger partial charge in [-0.05, 0) is 54.8 Å². The summed E-state index contributed by atoms with van der Waals surface area (Å²) in [5.41, 5.74) is 2.14. The van der Waals surface area contributed by atoms with Gasteiger partial charge in [0.05, 0.1) is 4.90 Å². The van der Waals surface area contributed by atoms with Gasteiger partial charge in [-0.2, -0.15) is 0 Å². The first kappa shape index (κ1) is 20.0. The lowest BCUT2D eigenvalue weighted by Gasteiger charge is -2.17. The molecule has 1 amide bonds. The fourth-order valence-electron chi connectivity index (χ4n) is 2.52. The SMILES string of the molecule is CCCCN(C)C(=O)c1ccc(S(=O)(=O)Nc2ccc(CC)cc2)cc1. The molecule has 0 heterocycles. The molecule has 2 aromatic rings. The number of nitrogens with one attached hydrogen (secondary N) is 1. The first-order valence-corrected chi connectivity index (χ1v) is 10.3. The number of unbranched alkanes of at least 4 members (excludes halogenated alkanes) is 1. The van der Waals surface area contributed by atoms with Crippen molar-refractivity contribution in [3.05, 3.63) is 59.7 Å². The molecule has 0 spiro atoms. The van der Waals surface area contributed by atoms with Crippen molar-refractivity contribution in [2.75, 3.05) is 18.3 Å². The van der Waals surface area contributed by atoms with Gasteiger partial charge in [-0.1, -0.05) is 32.4 Å². The maximum absolute atomic E-state index is 12.5. The molecule has 0 aliphatic heterocycles. The highest BCUT2D eigenvalue weighted by molar-refractivity contribution is 7.92. The molecule has 6 heteroatoms. The van der Waals surface area contributed by atoms with E-state index in [0.29, 0.717) is 17.8 Å². The van der Waals surface area contributed by atoms with Gasteiger partial charge in [0.25, 0.3) is 15.9 Å². The molecule has 140 valence electrons. The van der Waals surface area contributed by atoms with Crippen molar-refractivity contribution in [3.8, 4) is 0 Å². The van der Waals surface area contributed by atoms with E-state index in [0.717, 1.165) is 24.8 Å². The maximum atomic E-state index is 12.5. The molecular formula is C20H26N2O3S. The van der Waals surface area contributed by atoms with E-state index >= 15 is 0 Å². The van der Waals surface area contributed by atoms with Gasteiger partial charge in [0, 0.05) is 24.8 Å². The molecule has 0 unspecified atom stereocenters. The molecule has 2 rings (SSSR count). The summed E-state index contributed by atoms with van der Waals surface area (Å²) in [6.07, 6.45) is 2.85. The lowest BCUT2D eigenvalue weighted by Crippen LogP contribution is -2.27. The molecule has 0 bridgehead atoms. The minimum atomic E-state index is -3.68. The van der Waals surface area contributed by atoms with Crippen molar-refractivity contribution in [3.63, 3.8) is 0 Å². The van der Waals surface area contributed by atoms with Crippen LogP contribution in [0.25, 0.3) is 0 Å². The van der Waals surface area contributed by atoms with E-state index < -0.39 is 10.0 Å². The summed E-state index contributed by atoms with van der Waals surface area (Å²) in [6, 6.07) is 13.3. The van der Waals surface area contributed by atoms with E-state index in [1.807, 2.05) is 19.1 Å². The number of aryl methyl sites for hydroxylation is 1. The van der Waals surface area contributed by atoms with Crippen molar-refractivity contribution in [2.45, 2.75) is 38.0 Å². The van der Waals surface area contributed by atoms with Crippen LogP contribution in [0.1, 0.15) is 42.6 Å². The minimum absolute atomic E-state index is 0.106. The smallest absolute Gasteiger partial charge is 0.261 e. The van der Waals surface area contributed by atoms with Gasteiger partial charge in [0.1, 0.15) is 0 Å².